The smallest absolute Gasteiger partial charge is 0.231 e. The number of hydrogen-bond donors (Lipinski definition) is 0. The van der Waals surface area contributed by atoms with Crippen LogP contribution in [0.5, 0.6) is 40.2 Å². The predicted molar refractivity (Wildman–Crippen MR) is 138 cm³/mol. The van der Waals surface area contributed by atoms with E-state index in [4.69, 9.17) is 33.2 Å². The summed E-state index contributed by atoms with van der Waals surface area (Å²) in [7, 11) is 7.49. The van der Waals surface area contributed by atoms with Gasteiger partial charge in [0.1, 0.15) is 0 Å². The number of methoxy groups -OCH3 is 5. The lowest BCUT2D eigenvalue weighted by atomic mass is 9.87. The monoisotopic (exact) mass is 518 g/mol. The Morgan fingerprint density at radius 1 is 0.816 bits per heavy atom. The number of aldehydes is 1. The van der Waals surface area contributed by atoms with Gasteiger partial charge in [-0.3, -0.25) is 9.59 Å². The number of fused-ring (bicyclic) bond motifs is 2. The maximum absolute atomic E-state index is 14.0. The zero-order valence-electron chi connectivity index (χ0n) is 21.6. The third-order valence-corrected chi connectivity index (χ3v) is 6.70. The Balaban J connectivity index is 1.84. The molecule has 38 heavy (non-hydrogen) atoms. The molecule has 0 saturated carbocycles. The van der Waals surface area contributed by atoms with Crippen molar-refractivity contribution in [3.05, 3.63) is 69.8 Å². The molecule has 196 valence electrons. The lowest BCUT2D eigenvalue weighted by Crippen LogP contribution is -2.06. The molecule has 3 aromatic carbocycles. The second-order valence-electron chi connectivity index (χ2n) is 8.51. The van der Waals surface area contributed by atoms with E-state index in [1.807, 2.05) is 12.1 Å². The van der Waals surface area contributed by atoms with E-state index in [-0.39, 0.29) is 23.9 Å². The highest BCUT2D eigenvalue weighted by atomic mass is 16.7. The lowest BCUT2D eigenvalue weighted by Gasteiger charge is -2.21. The normalized spacial score (nSPS) is 16.3. The molecule has 0 bridgehead atoms. The Bertz CT molecular complexity index is 1450. The van der Waals surface area contributed by atoms with Crippen molar-refractivity contribution in [1.82, 2.24) is 0 Å². The quantitative estimate of drug-likeness (QED) is 0.311. The first-order valence-electron chi connectivity index (χ1n) is 11.7. The van der Waals surface area contributed by atoms with Crippen LogP contribution in [0.2, 0.25) is 0 Å². The summed E-state index contributed by atoms with van der Waals surface area (Å²) >= 11 is 0. The molecule has 1 unspecified atom stereocenters. The average molecular weight is 519 g/mol. The van der Waals surface area contributed by atoms with Crippen molar-refractivity contribution < 1.29 is 42.7 Å². The fourth-order valence-corrected chi connectivity index (χ4v) is 5.09. The van der Waals surface area contributed by atoms with Gasteiger partial charge in [-0.1, -0.05) is 12.1 Å². The Hall–Kier alpha value is -4.66. The van der Waals surface area contributed by atoms with Gasteiger partial charge in [0.25, 0.3) is 0 Å². The molecule has 0 N–H and O–H groups in total. The van der Waals surface area contributed by atoms with Crippen LogP contribution in [0.3, 0.4) is 0 Å². The van der Waals surface area contributed by atoms with Crippen molar-refractivity contribution in [3.8, 4) is 40.2 Å². The fourth-order valence-electron chi connectivity index (χ4n) is 5.09. The van der Waals surface area contributed by atoms with E-state index in [0.29, 0.717) is 68.6 Å². The minimum Gasteiger partial charge on any atom is -0.493 e. The molecule has 9 heteroatoms. The molecule has 5 rings (SSSR count). The first kappa shape index (κ1) is 25.0. The number of allylic oxidation sites excluding steroid dienone is 1. The Kier molecular flexibility index (Phi) is 6.59. The van der Waals surface area contributed by atoms with E-state index in [2.05, 4.69) is 0 Å². The summed E-state index contributed by atoms with van der Waals surface area (Å²) in [5.74, 6) is 2.05. The molecule has 0 amide bonds. The largest absolute Gasteiger partial charge is 0.493 e. The second kappa shape index (κ2) is 10.0. The predicted octanol–water partition coefficient (Wildman–Crippen LogP) is 4.68. The summed E-state index contributed by atoms with van der Waals surface area (Å²) in [4.78, 5) is 25.9. The molecule has 1 atom stereocenters. The van der Waals surface area contributed by atoms with Gasteiger partial charge in [-0.05, 0) is 35.9 Å². The number of rotatable bonds is 8. The molecule has 9 nitrogen and oxygen atoms in total. The summed E-state index contributed by atoms with van der Waals surface area (Å²) in [6, 6.07) is 10.6. The topological polar surface area (TPSA) is 98.8 Å². The number of carbonyl (C=O) groups is 2. The van der Waals surface area contributed by atoms with E-state index < -0.39 is 5.92 Å². The van der Waals surface area contributed by atoms with E-state index >= 15 is 0 Å². The van der Waals surface area contributed by atoms with Crippen molar-refractivity contribution in [2.75, 3.05) is 42.3 Å². The van der Waals surface area contributed by atoms with Crippen molar-refractivity contribution in [2.45, 2.75) is 5.92 Å². The zero-order chi connectivity index (χ0) is 27.0. The molecule has 1 aliphatic carbocycles. The number of para-hydroxylation sites is 1. The lowest BCUT2D eigenvalue weighted by molar-refractivity contribution is 0.103. The third kappa shape index (κ3) is 3.78. The van der Waals surface area contributed by atoms with Gasteiger partial charge in [-0.2, -0.15) is 0 Å². The molecular weight excluding hydrogens is 492 g/mol. The first-order chi connectivity index (χ1) is 18.5. The molecule has 3 aromatic rings. The van der Waals surface area contributed by atoms with Crippen molar-refractivity contribution in [2.24, 2.45) is 0 Å². The van der Waals surface area contributed by atoms with Crippen LogP contribution in [0.25, 0.3) is 6.08 Å². The second-order valence-corrected chi connectivity index (χ2v) is 8.51. The molecule has 0 saturated heterocycles. The summed E-state index contributed by atoms with van der Waals surface area (Å²) in [6.07, 6.45) is 2.41. The van der Waals surface area contributed by atoms with Crippen LogP contribution in [0.15, 0.2) is 42.0 Å². The van der Waals surface area contributed by atoms with E-state index in [0.717, 1.165) is 0 Å². The van der Waals surface area contributed by atoms with E-state index in [1.54, 1.807) is 24.3 Å². The van der Waals surface area contributed by atoms with E-state index in [1.165, 1.54) is 41.6 Å². The summed E-state index contributed by atoms with van der Waals surface area (Å²) in [5, 5.41) is 0. The van der Waals surface area contributed by atoms with Crippen LogP contribution < -0.4 is 33.2 Å². The molecule has 0 radical (unpaired) electrons. The molecule has 1 heterocycles. The number of ether oxygens (including phenoxy) is 7. The van der Waals surface area contributed by atoms with Crippen LogP contribution in [-0.2, 0) is 0 Å². The van der Waals surface area contributed by atoms with Gasteiger partial charge < -0.3 is 33.2 Å². The molecule has 1 aliphatic heterocycles. The van der Waals surface area contributed by atoms with Gasteiger partial charge >= 0.3 is 0 Å². The highest BCUT2D eigenvalue weighted by Gasteiger charge is 2.41. The van der Waals surface area contributed by atoms with E-state index in [9.17, 15) is 9.59 Å². The van der Waals surface area contributed by atoms with Crippen LogP contribution >= 0.6 is 0 Å². The van der Waals surface area contributed by atoms with Gasteiger partial charge in [0, 0.05) is 28.2 Å². The Morgan fingerprint density at radius 3 is 2.11 bits per heavy atom. The summed E-state index contributed by atoms with van der Waals surface area (Å²) in [5.41, 5.74) is 2.89. The summed E-state index contributed by atoms with van der Waals surface area (Å²) in [6.45, 7) is 0.0910. The number of ketones is 1. The SMILES string of the molecule is COc1cc(C2/C(=C/c3cccc4c3OCO4)C(=O)c3cc(C=O)c(OC)c(OC)c32)cc(OC)c1OC. The number of carbonyl (C=O) groups excluding carboxylic acids is 2. The van der Waals surface area contributed by atoms with Gasteiger partial charge in [0.2, 0.25) is 12.5 Å². The van der Waals surface area contributed by atoms with Crippen molar-refractivity contribution in [3.63, 3.8) is 0 Å². The average Bonchev–Trinajstić information content (AvgIpc) is 3.54. The zero-order valence-corrected chi connectivity index (χ0v) is 21.6. The summed E-state index contributed by atoms with van der Waals surface area (Å²) < 4.78 is 39.2. The molecular formula is C29H26O9. The van der Waals surface area contributed by atoms with Gasteiger partial charge in [-0.25, -0.2) is 0 Å². The van der Waals surface area contributed by atoms with Crippen LogP contribution in [0, 0.1) is 0 Å². The third-order valence-electron chi connectivity index (χ3n) is 6.70. The Morgan fingerprint density at radius 2 is 1.50 bits per heavy atom. The number of benzene rings is 3. The molecule has 0 aromatic heterocycles. The first-order valence-corrected chi connectivity index (χ1v) is 11.7. The van der Waals surface area contributed by atoms with Gasteiger partial charge in [0.05, 0.1) is 41.1 Å². The van der Waals surface area contributed by atoms with Crippen LogP contribution in [0.4, 0.5) is 0 Å². The number of hydrogen-bond acceptors (Lipinski definition) is 9. The van der Waals surface area contributed by atoms with Crippen LogP contribution in [-0.4, -0.2) is 54.4 Å². The highest BCUT2D eigenvalue weighted by molar-refractivity contribution is 6.19. The van der Waals surface area contributed by atoms with Crippen molar-refractivity contribution in [1.29, 1.82) is 0 Å². The maximum Gasteiger partial charge on any atom is 0.231 e. The minimum absolute atomic E-state index is 0.0910. The molecule has 0 spiro atoms. The Labute approximate surface area is 219 Å². The van der Waals surface area contributed by atoms with Gasteiger partial charge in [-0.15, -0.1) is 0 Å². The fraction of sp³-hybridized carbons (Fsp3) is 0.241. The molecule has 2 aliphatic rings. The molecule has 0 fully saturated rings. The van der Waals surface area contributed by atoms with Crippen LogP contribution in [0.1, 0.15) is 43.3 Å². The highest BCUT2D eigenvalue weighted by Crippen LogP contribution is 2.54. The minimum atomic E-state index is -0.631. The number of Topliss-reactive ketones (excluding diaryl/α,β-unsaturated/α-hetero) is 1. The van der Waals surface area contributed by atoms with Gasteiger partial charge in [0.15, 0.2) is 46.6 Å². The maximum atomic E-state index is 14.0. The van der Waals surface area contributed by atoms with Crippen molar-refractivity contribution >= 4 is 18.1 Å². The standard InChI is InChI=1S/C29H26O9/c1-32-21-11-16(12-22(33-2)28(21)35-4)23-18(9-15-7-6-8-20-26(15)38-14-37-20)25(31)19-10-17(13-30)27(34-3)29(36-5)24(19)23/h6-13,23H,14H2,1-5H3/b18-9-.